The molecule has 0 bridgehead atoms. The zero-order chi connectivity index (χ0) is 13.8. The molecule has 2 N–H and O–H groups in total. The Bertz CT molecular complexity index is 432. The quantitative estimate of drug-likeness (QED) is 0.670. The van der Waals surface area contributed by atoms with E-state index in [0.717, 1.165) is 0 Å². The molecule has 0 saturated heterocycles. The van der Waals surface area contributed by atoms with E-state index in [1.165, 1.54) is 0 Å². The van der Waals surface area contributed by atoms with E-state index < -0.39 is 0 Å². The van der Waals surface area contributed by atoms with Gasteiger partial charge in [0.05, 0.1) is 17.8 Å². The van der Waals surface area contributed by atoms with Crippen molar-refractivity contribution in [2.75, 3.05) is 19.5 Å². The first kappa shape index (κ1) is 15.0. The van der Waals surface area contributed by atoms with Crippen LogP contribution in [-0.4, -0.2) is 25.3 Å². The van der Waals surface area contributed by atoms with E-state index in [-0.39, 0.29) is 11.6 Å². The minimum absolute atomic E-state index is 0.290. The van der Waals surface area contributed by atoms with Crippen molar-refractivity contribution in [3.05, 3.63) is 28.2 Å². The molecule has 1 aromatic rings. The molecule has 1 rings (SSSR count). The van der Waals surface area contributed by atoms with Crippen molar-refractivity contribution < 1.29 is 14.3 Å². The number of halogens is 1. The Hall–Kier alpha value is -1.07. The number of carbonyl (C=O) groups is 1. The van der Waals surface area contributed by atoms with Crippen molar-refractivity contribution in [2.24, 2.45) is 0 Å². The normalized spacial score (nSPS) is 11.3. The number of hydrogen-bond acceptors (Lipinski definition) is 4. The van der Waals surface area contributed by atoms with Gasteiger partial charge in [0.15, 0.2) is 0 Å². The number of esters is 1. The molecule has 0 aromatic heterocycles. The lowest BCUT2D eigenvalue weighted by atomic mass is 10.1. The summed E-state index contributed by atoms with van der Waals surface area (Å²) in [6.45, 7) is 4.21. The van der Waals surface area contributed by atoms with Crippen molar-refractivity contribution in [1.82, 2.24) is 0 Å². The molecule has 4 nitrogen and oxygen atoms in total. The molecule has 0 amide bonds. The molecule has 0 aliphatic carbocycles. The Morgan fingerprint density at radius 1 is 1.44 bits per heavy atom. The zero-order valence-electron chi connectivity index (χ0n) is 10.8. The van der Waals surface area contributed by atoms with Crippen molar-refractivity contribution in [3.63, 3.8) is 0 Å². The van der Waals surface area contributed by atoms with Crippen LogP contribution in [0, 0.1) is 0 Å². The lowest BCUT2D eigenvalue weighted by molar-refractivity contribution is -0.00563. The highest BCUT2D eigenvalue weighted by molar-refractivity contribution is 9.10. The van der Waals surface area contributed by atoms with E-state index in [0.29, 0.717) is 28.8 Å². The average Bonchev–Trinajstić information content (AvgIpc) is 2.32. The number of ether oxygens (including phenoxy) is 2. The molecule has 0 radical (unpaired) electrons. The van der Waals surface area contributed by atoms with Crippen LogP contribution in [0.2, 0.25) is 0 Å². The maximum absolute atomic E-state index is 11.8. The topological polar surface area (TPSA) is 61.5 Å². The number of rotatable bonds is 5. The molecule has 1 aromatic carbocycles. The van der Waals surface area contributed by atoms with E-state index in [1.807, 2.05) is 13.8 Å². The van der Waals surface area contributed by atoms with Crippen molar-refractivity contribution in [3.8, 4) is 0 Å². The maximum atomic E-state index is 11.8. The van der Waals surface area contributed by atoms with Gasteiger partial charge in [0, 0.05) is 23.7 Å². The highest BCUT2D eigenvalue weighted by Crippen LogP contribution is 2.21. The van der Waals surface area contributed by atoms with Crippen LogP contribution in [0.5, 0.6) is 0 Å². The van der Waals surface area contributed by atoms with Gasteiger partial charge in [-0.25, -0.2) is 4.79 Å². The summed E-state index contributed by atoms with van der Waals surface area (Å²) in [5.41, 5.74) is 6.43. The lowest BCUT2D eigenvalue weighted by Gasteiger charge is -2.22. The van der Waals surface area contributed by atoms with Gasteiger partial charge in [-0.15, -0.1) is 0 Å². The summed E-state index contributed by atoms with van der Waals surface area (Å²) in [7, 11) is 1.64. The first-order valence-electron chi connectivity index (χ1n) is 5.63. The summed E-state index contributed by atoms with van der Waals surface area (Å²) in [6.07, 6.45) is 0.644. The summed E-state index contributed by atoms with van der Waals surface area (Å²) in [4.78, 5) is 11.8. The molecule has 0 aliphatic rings. The highest BCUT2D eigenvalue weighted by atomic mass is 79.9. The van der Waals surface area contributed by atoms with Gasteiger partial charge >= 0.3 is 5.97 Å². The molecule has 0 atom stereocenters. The summed E-state index contributed by atoms with van der Waals surface area (Å²) in [5.74, 6) is -0.359. The van der Waals surface area contributed by atoms with Crippen LogP contribution in [0.1, 0.15) is 30.6 Å². The van der Waals surface area contributed by atoms with Gasteiger partial charge in [-0.1, -0.05) is 0 Å². The van der Waals surface area contributed by atoms with Gasteiger partial charge < -0.3 is 15.2 Å². The third-order valence-corrected chi connectivity index (χ3v) is 3.41. The first-order chi connectivity index (χ1) is 8.35. The smallest absolute Gasteiger partial charge is 0.338 e. The van der Waals surface area contributed by atoms with Crippen LogP contribution in [0.15, 0.2) is 22.7 Å². The largest absolute Gasteiger partial charge is 0.462 e. The molecular formula is C13H18BrNO3. The number of anilines is 1. The fraction of sp³-hybridized carbons (Fsp3) is 0.462. The Balaban J connectivity index is 2.53. The number of nitrogens with two attached hydrogens (primary N) is 1. The minimum Gasteiger partial charge on any atom is -0.462 e. The Labute approximate surface area is 116 Å². The number of carbonyl (C=O) groups excluding carboxylic acids is 1. The summed E-state index contributed by atoms with van der Waals surface area (Å²) < 4.78 is 11.1. The molecular weight excluding hydrogens is 298 g/mol. The summed E-state index contributed by atoms with van der Waals surface area (Å²) >= 11 is 3.27. The predicted molar refractivity (Wildman–Crippen MR) is 74.5 cm³/mol. The lowest BCUT2D eigenvalue weighted by Crippen LogP contribution is -2.25. The van der Waals surface area contributed by atoms with Crippen LogP contribution in [0.4, 0.5) is 5.69 Å². The van der Waals surface area contributed by atoms with Gasteiger partial charge in [-0.3, -0.25) is 0 Å². The monoisotopic (exact) mass is 315 g/mol. The number of methoxy groups -OCH3 is 1. The fourth-order valence-corrected chi connectivity index (χ4v) is 1.61. The fourth-order valence-electron chi connectivity index (χ4n) is 1.23. The van der Waals surface area contributed by atoms with Crippen molar-refractivity contribution >= 4 is 27.6 Å². The van der Waals surface area contributed by atoms with Gasteiger partial charge in [0.2, 0.25) is 0 Å². The third-order valence-electron chi connectivity index (χ3n) is 2.73. The molecule has 0 fully saturated rings. The molecule has 18 heavy (non-hydrogen) atoms. The van der Waals surface area contributed by atoms with Crippen LogP contribution in [0.3, 0.4) is 0 Å². The standard InChI is InChI=1S/C13H18BrNO3/c1-13(2,17-3)6-7-18-12(16)9-4-5-11(15)10(14)8-9/h4-5,8H,6-7,15H2,1-3H3. The van der Waals surface area contributed by atoms with E-state index in [2.05, 4.69) is 15.9 Å². The minimum atomic E-state index is -0.359. The number of hydrogen-bond donors (Lipinski definition) is 1. The van der Waals surface area contributed by atoms with Crippen LogP contribution >= 0.6 is 15.9 Å². The predicted octanol–water partition coefficient (Wildman–Crippen LogP) is 3.00. The van der Waals surface area contributed by atoms with E-state index >= 15 is 0 Å². The van der Waals surface area contributed by atoms with Crippen molar-refractivity contribution in [1.29, 1.82) is 0 Å². The van der Waals surface area contributed by atoms with E-state index in [4.69, 9.17) is 15.2 Å². The summed E-state index contributed by atoms with van der Waals surface area (Å²) in [6, 6.07) is 4.96. The number of benzene rings is 1. The maximum Gasteiger partial charge on any atom is 0.338 e. The SMILES string of the molecule is COC(C)(C)CCOC(=O)c1ccc(N)c(Br)c1. The van der Waals surface area contributed by atoms with E-state index in [9.17, 15) is 4.79 Å². The first-order valence-corrected chi connectivity index (χ1v) is 6.42. The second-order valence-electron chi connectivity index (χ2n) is 4.59. The van der Waals surface area contributed by atoms with Gasteiger partial charge in [0.1, 0.15) is 0 Å². The molecule has 0 heterocycles. The van der Waals surface area contributed by atoms with Gasteiger partial charge in [0.25, 0.3) is 0 Å². The molecule has 0 aliphatic heterocycles. The second kappa shape index (κ2) is 6.20. The van der Waals surface area contributed by atoms with Crippen molar-refractivity contribution in [2.45, 2.75) is 25.9 Å². The zero-order valence-corrected chi connectivity index (χ0v) is 12.4. The van der Waals surface area contributed by atoms with Gasteiger partial charge in [-0.2, -0.15) is 0 Å². The average molecular weight is 316 g/mol. The highest BCUT2D eigenvalue weighted by Gasteiger charge is 2.17. The van der Waals surface area contributed by atoms with E-state index in [1.54, 1.807) is 25.3 Å². The Kier molecular flexibility index (Phi) is 5.16. The summed E-state index contributed by atoms with van der Waals surface area (Å²) in [5, 5.41) is 0. The molecule has 0 unspecified atom stereocenters. The molecule has 0 saturated carbocycles. The molecule has 100 valence electrons. The van der Waals surface area contributed by atoms with Crippen LogP contribution in [-0.2, 0) is 9.47 Å². The second-order valence-corrected chi connectivity index (χ2v) is 5.44. The van der Waals surface area contributed by atoms with Gasteiger partial charge in [-0.05, 0) is 48.0 Å². The molecule has 5 heteroatoms. The van der Waals surface area contributed by atoms with Crippen LogP contribution in [0.25, 0.3) is 0 Å². The number of nitrogen functional groups attached to an aromatic ring is 1. The Morgan fingerprint density at radius 3 is 2.67 bits per heavy atom. The Morgan fingerprint density at radius 2 is 2.11 bits per heavy atom. The third kappa shape index (κ3) is 4.31. The van der Waals surface area contributed by atoms with Crippen LogP contribution < -0.4 is 5.73 Å². The molecule has 0 spiro atoms.